The van der Waals surface area contributed by atoms with Crippen LogP contribution in [-0.4, -0.2) is 29.3 Å². The molecule has 0 unspecified atom stereocenters. The van der Waals surface area contributed by atoms with Crippen LogP contribution in [0.5, 0.6) is 5.75 Å². The van der Waals surface area contributed by atoms with Gasteiger partial charge in [-0.2, -0.15) is 0 Å². The summed E-state index contributed by atoms with van der Waals surface area (Å²) in [6.07, 6.45) is 2.03. The van der Waals surface area contributed by atoms with Crippen molar-refractivity contribution >= 4 is 0 Å². The van der Waals surface area contributed by atoms with Crippen molar-refractivity contribution in [3.05, 3.63) is 114 Å². The molecule has 3 heteroatoms. The normalized spacial score (nSPS) is 11.9. The van der Waals surface area contributed by atoms with Crippen molar-refractivity contribution in [2.45, 2.75) is 25.6 Å². The standard InChI is InChI=1S/C26H29NO2/c1-2-11-24-16-9-10-17-26(24)29-21-25(28)20-27(18-22-12-5-3-6-13-22)19-23-14-7-4-8-15-23/h2-10,12-17,25,28H,1,11,18-21H2/t25-/m1/s1. The van der Waals surface area contributed by atoms with Gasteiger partial charge in [-0.15, -0.1) is 6.58 Å². The van der Waals surface area contributed by atoms with Gasteiger partial charge in [0.15, 0.2) is 0 Å². The molecule has 3 rings (SSSR count). The molecule has 0 heterocycles. The number of allylic oxidation sites excluding steroid dienone is 1. The molecule has 0 radical (unpaired) electrons. The van der Waals surface area contributed by atoms with E-state index >= 15 is 0 Å². The van der Waals surface area contributed by atoms with Crippen LogP contribution < -0.4 is 4.74 Å². The van der Waals surface area contributed by atoms with Gasteiger partial charge in [-0.25, -0.2) is 0 Å². The van der Waals surface area contributed by atoms with Crippen molar-refractivity contribution in [2.75, 3.05) is 13.2 Å². The van der Waals surface area contributed by atoms with Crippen LogP contribution in [0.3, 0.4) is 0 Å². The quantitative estimate of drug-likeness (QED) is 0.477. The summed E-state index contributed by atoms with van der Waals surface area (Å²) >= 11 is 0. The fourth-order valence-corrected chi connectivity index (χ4v) is 3.37. The average Bonchev–Trinajstić information content (AvgIpc) is 2.75. The number of ether oxygens (including phenoxy) is 1. The lowest BCUT2D eigenvalue weighted by Gasteiger charge is -2.25. The Kier molecular flexibility index (Phi) is 8.05. The molecule has 0 saturated heterocycles. The number of benzene rings is 3. The highest BCUT2D eigenvalue weighted by molar-refractivity contribution is 5.34. The van der Waals surface area contributed by atoms with Crippen LogP contribution in [-0.2, 0) is 19.5 Å². The summed E-state index contributed by atoms with van der Waals surface area (Å²) in [6, 6.07) is 28.6. The van der Waals surface area contributed by atoms with E-state index in [0.29, 0.717) is 6.54 Å². The molecule has 0 aliphatic heterocycles. The van der Waals surface area contributed by atoms with Crippen LogP contribution >= 0.6 is 0 Å². The van der Waals surface area contributed by atoms with Crippen molar-refractivity contribution in [1.82, 2.24) is 4.90 Å². The van der Waals surface area contributed by atoms with E-state index in [9.17, 15) is 5.11 Å². The topological polar surface area (TPSA) is 32.7 Å². The maximum Gasteiger partial charge on any atom is 0.122 e. The van der Waals surface area contributed by atoms with Crippen molar-refractivity contribution < 1.29 is 9.84 Å². The monoisotopic (exact) mass is 387 g/mol. The largest absolute Gasteiger partial charge is 0.491 e. The van der Waals surface area contributed by atoms with Gasteiger partial charge in [-0.3, -0.25) is 4.90 Å². The van der Waals surface area contributed by atoms with Crippen molar-refractivity contribution in [2.24, 2.45) is 0 Å². The van der Waals surface area contributed by atoms with Gasteiger partial charge in [0.05, 0.1) is 0 Å². The summed E-state index contributed by atoms with van der Waals surface area (Å²) in [6.45, 7) is 6.15. The zero-order valence-electron chi connectivity index (χ0n) is 16.8. The Morgan fingerprint density at radius 2 is 1.38 bits per heavy atom. The number of nitrogens with zero attached hydrogens (tertiary/aromatic N) is 1. The first-order chi connectivity index (χ1) is 14.2. The Bertz CT molecular complexity index is 823. The molecule has 0 aliphatic rings. The Balaban J connectivity index is 1.62. The molecular weight excluding hydrogens is 358 g/mol. The molecule has 0 aliphatic carbocycles. The second-order valence-corrected chi connectivity index (χ2v) is 7.21. The van der Waals surface area contributed by atoms with Crippen molar-refractivity contribution in [3.63, 3.8) is 0 Å². The maximum atomic E-state index is 10.7. The fraction of sp³-hybridized carbons (Fsp3) is 0.231. The predicted molar refractivity (Wildman–Crippen MR) is 119 cm³/mol. The molecule has 3 nitrogen and oxygen atoms in total. The molecule has 29 heavy (non-hydrogen) atoms. The Hall–Kier alpha value is -2.88. The first-order valence-corrected chi connectivity index (χ1v) is 10.0. The highest BCUT2D eigenvalue weighted by Gasteiger charge is 2.14. The second kappa shape index (κ2) is 11.2. The molecule has 3 aromatic carbocycles. The molecule has 0 bridgehead atoms. The third kappa shape index (κ3) is 6.90. The minimum Gasteiger partial charge on any atom is -0.491 e. The molecule has 3 aromatic rings. The summed E-state index contributed by atoms with van der Waals surface area (Å²) in [5, 5.41) is 10.7. The van der Waals surface area contributed by atoms with E-state index in [0.717, 1.165) is 30.8 Å². The second-order valence-electron chi connectivity index (χ2n) is 7.21. The zero-order valence-corrected chi connectivity index (χ0v) is 16.8. The highest BCUT2D eigenvalue weighted by atomic mass is 16.5. The van der Waals surface area contributed by atoms with E-state index in [-0.39, 0.29) is 6.61 Å². The smallest absolute Gasteiger partial charge is 0.122 e. The van der Waals surface area contributed by atoms with Crippen LogP contribution in [0.2, 0.25) is 0 Å². The third-order valence-electron chi connectivity index (χ3n) is 4.74. The number of hydrogen-bond donors (Lipinski definition) is 1. The first kappa shape index (κ1) is 20.8. The van der Waals surface area contributed by atoms with Gasteiger partial charge < -0.3 is 9.84 Å². The molecule has 1 atom stereocenters. The van der Waals surface area contributed by atoms with Crippen LogP contribution in [0.15, 0.2) is 97.6 Å². The van der Waals surface area contributed by atoms with Gasteiger partial charge >= 0.3 is 0 Å². The first-order valence-electron chi connectivity index (χ1n) is 10.0. The molecule has 0 amide bonds. The number of rotatable bonds is 11. The van der Waals surface area contributed by atoms with E-state index in [2.05, 4.69) is 35.7 Å². The van der Waals surface area contributed by atoms with Crippen molar-refractivity contribution in [3.8, 4) is 5.75 Å². The van der Waals surface area contributed by atoms with E-state index in [1.807, 2.05) is 66.7 Å². The molecule has 0 aromatic heterocycles. The van der Waals surface area contributed by atoms with E-state index in [1.165, 1.54) is 11.1 Å². The molecule has 0 fully saturated rings. The van der Waals surface area contributed by atoms with Crippen LogP contribution in [0, 0.1) is 0 Å². The lowest BCUT2D eigenvalue weighted by atomic mass is 10.1. The third-order valence-corrected chi connectivity index (χ3v) is 4.74. The maximum absolute atomic E-state index is 10.7. The van der Waals surface area contributed by atoms with Gasteiger partial charge in [0.2, 0.25) is 0 Å². The summed E-state index contributed by atoms with van der Waals surface area (Å²) < 4.78 is 5.93. The average molecular weight is 388 g/mol. The number of aliphatic hydroxyl groups is 1. The molecule has 150 valence electrons. The summed E-state index contributed by atoms with van der Waals surface area (Å²) in [5.74, 6) is 0.809. The molecule has 0 spiro atoms. The minimum atomic E-state index is -0.584. The lowest BCUT2D eigenvalue weighted by Crippen LogP contribution is -2.35. The van der Waals surface area contributed by atoms with Gasteiger partial charge in [0.1, 0.15) is 18.5 Å². The van der Waals surface area contributed by atoms with Crippen LogP contribution in [0.25, 0.3) is 0 Å². The van der Waals surface area contributed by atoms with Gasteiger partial charge in [0.25, 0.3) is 0 Å². The number of para-hydroxylation sites is 1. The number of hydrogen-bond acceptors (Lipinski definition) is 3. The Morgan fingerprint density at radius 3 is 1.97 bits per heavy atom. The highest BCUT2D eigenvalue weighted by Crippen LogP contribution is 2.19. The van der Waals surface area contributed by atoms with E-state index in [4.69, 9.17) is 4.74 Å². The SMILES string of the molecule is C=CCc1ccccc1OC[C@H](O)CN(Cc1ccccc1)Cc1ccccc1. The fourth-order valence-electron chi connectivity index (χ4n) is 3.37. The van der Waals surface area contributed by atoms with Gasteiger partial charge in [-0.05, 0) is 29.2 Å². The predicted octanol–water partition coefficient (Wildman–Crippen LogP) is 4.86. The summed E-state index contributed by atoms with van der Waals surface area (Å²) in [7, 11) is 0. The van der Waals surface area contributed by atoms with E-state index in [1.54, 1.807) is 0 Å². The van der Waals surface area contributed by atoms with Gasteiger partial charge in [-0.1, -0.05) is 84.9 Å². The lowest BCUT2D eigenvalue weighted by molar-refractivity contribution is 0.0626. The van der Waals surface area contributed by atoms with Crippen LogP contribution in [0.1, 0.15) is 16.7 Å². The summed E-state index contributed by atoms with van der Waals surface area (Å²) in [5.41, 5.74) is 3.54. The van der Waals surface area contributed by atoms with Gasteiger partial charge in [0, 0.05) is 19.6 Å². The Labute approximate surface area is 173 Å². The summed E-state index contributed by atoms with van der Waals surface area (Å²) in [4.78, 5) is 2.26. The Morgan fingerprint density at radius 1 is 0.828 bits per heavy atom. The zero-order chi connectivity index (χ0) is 20.3. The number of aliphatic hydroxyl groups excluding tert-OH is 1. The minimum absolute atomic E-state index is 0.258. The molecular formula is C26H29NO2. The molecule has 0 saturated carbocycles. The van der Waals surface area contributed by atoms with Crippen LogP contribution in [0.4, 0.5) is 0 Å². The van der Waals surface area contributed by atoms with Crippen molar-refractivity contribution in [1.29, 1.82) is 0 Å². The van der Waals surface area contributed by atoms with E-state index < -0.39 is 6.10 Å². The molecule has 1 N–H and O–H groups in total.